The fraction of sp³-hybridized carbons (Fsp3) is 0.600. The van der Waals surface area contributed by atoms with E-state index in [0.29, 0.717) is 19.6 Å². The first-order valence-electron chi connectivity index (χ1n) is 3.03. The Kier molecular flexibility index (Phi) is 5.36. The maximum absolute atomic E-state index is 6.46. The highest BCUT2D eigenvalue weighted by atomic mass is 15.0. The fourth-order valence-corrected chi connectivity index (χ4v) is 0.471. The summed E-state index contributed by atoms with van der Waals surface area (Å²) in [5.41, 5.74) is 17.7. The van der Waals surface area contributed by atoms with E-state index in [2.05, 4.69) is 10.4 Å². The third kappa shape index (κ3) is 3.85. The number of hydrogen-bond donors (Lipinski definition) is 4. The highest BCUT2D eigenvalue weighted by molar-refractivity contribution is 4.97. The first-order valence-corrected chi connectivity index (χ1v) is 3.03. The van der Waals surface area contributed by atoms with Gasteiger partial charge in [0.25, 0.3) is 0 Å². The predicted octanol–water partition coefficient (Wildman–Crippen LogP) is -0.634. The summed E-state index contributed by atoms with van der Waals surface area (Å²) in [5, 5.41) is 6.07. The van der Waals surface area contributed by atoms with E-state index in [-0.39, 0.29) is 0 Å². The van der Waals surface area contributed by atoms with Crippen molar-refractivity contribution < 1.29 is 0 Å². The third-order valence-corrected chi connectivity index (χ3v) is 0.997. The second kappa shape index (κ2) is 6.03. The molecule has 0 aromatic rings. The maximum atomic E-state index is 6.46. The molecule has 0 rings (SSSR count). The molecule has 0 unspecified atom stereocenters. The molecule has 0 saturated carbocycles. The highest BCUT2D eigenvalue weighted by Crippen LogP contribution is 1.78. The number of nitrogens with zero attached hydrogens (tertiary/aromatic N) is 1. The van der Waals surface area contributed by atoms with Crippen molar-refractivity contribution in [2.45, 2.75) is 0 Å². The minimum absolute atomic E-state index is 0.397. The van der Waals surface area contributed by atoms with E-state index < -0.39 is 0 Å². The summed E-state index contributed by atoms with van der Waals surface area (Å²) in [7, 11) is 0. The van der Waals surface area contributed by atoms with Crippen LogP contribution in [0.3, 0.4) is 0 Å². The van der Waals surface area contributed by atoms with E-state index in [9.17, 15) is 0 Å². The van der Waals surface area contributed by atoms with E-state index in [1.807, 2.05) is 0 Å². The number of nitrogens with two attached hydrogens (primary N) is 2. The standard InChI is InChI=1S/C5H13N5/c6-3-5(4-7)9-1-2-10-8/h3,8-9H,1-2,4,6-7H2/b5-3-,10-8?. The Morgan fingerprint density at radius 2 is 2.40 bits per heavy atom. The average Bonchev–Trinajstić information content (AvgIpc) is 1.99. The maximum Gasteiger partial charge on any atom is 0.0769 e. The van der Waals surface area contributed by atoms with E-state index >= 15 is 0 Å². The summed E-state index contributed by atoms with van der Waals surface area (Å²) in [6.45, 7) is 1.47. The Balaban J connectivity index is 3.36. The van der Waals surface area contributed by atoms with Gasteiger partial charge in [0, 0.05) is 25.0 Å². The molecule has 10 heavy (non-hydrogen) atoms. The molecule has 0 aromatic carbocycles. The Hall–Kier alpha value is -1.10. The van der Waals surface area contributed by atoms with Crippen molar-refractivity contribution in [3.05, 3.63) is 11.9 Å². The quantitative estimate of drug-likeness (QED) is 0.304. The molecule has 0 aliphatic heterocycles. The molecule has 58 valence electrons. The molecule has 0 atom stereocenters. The number of hydrogen-bond acceptors (Lipinski definition) is 5. The highest BCUT2D eigenvalue weighted by Gasteiger charge is 1.88. The van der Waals surface area contributed by atoms with Gasteiger partial charge in [0.15, 0.2) is 0 Å². The average molecular weight is 143 g/mol. The lowest BCUT2D eigenvalue weighted by molar-refractivity contribution is 0.746. The van der Waals surface area contributed by atoms with Crippen molar-refractivity contribution in [3.63, 3.8) is 0 Å². The predicted molar refractivity (Wildman–Crippen MR) is 39.3 cm³/mol. The lowest BCUT2D eigenvalue weighted by atomic mass is 10.4. The summed E-state index contributed by atoms with van der Waals surface area (Å²) in [4.78, 5) is 0. The molecule has 5 heteroatoms. The fourth-order valence-electron chi connectivity index (χ4n) is 0.471. The number of nitrogens with one attached hydrogen (secondary N) is 2. The van der Waals surface area contributed by atoms with Crippen LogP contribution in [0.5, 0.6) is 0 Å². The van der Waals surface area contributed by atoms with Gasteiger partial charge in [0.1, 0.15) is 0 Å². The van der Waals surface area contributed by atoms with Gasteiger partial charge >= 0.3 is 0 Å². The molecule has 6 N–H and O–H groups in total. The zero-order valence-electron chi connectivity index (χ0n) is 5.80. The molecule has 0 aromatic heterocycles. The van der Waals surface area contributed by atoms with Gasteiger partial charge in [-0.25, -0.2) is 5.53 Å². The topological polar surface area (TPSA) is 100 Å². The first-order chi connectivity index (χ1) is 4.85. The molecular formula is C5H13N5. The smallest absolute Gasteiger partial charge is 0.0769 e. The van der Waals surface area contributed by atoms with Crippen LogP contribution < -0.4 is 16.8 Å². The van der Waals surface area contributed by atoms with Crippen molar-refractivity contribution in [3.8, 4) is 0 Å². The van der Waals surface area contributed by atoms with Gasteiger partial charge in [0.05, 0.1) is 6.54 Å². The zero-order chi connectivity index (χ0) is 7.82. The van der Waals surface area contributed by atoms with Gasteiger partial charge in [-0.05, 0) is 0 Å². The minimum Gasteiger partial charge on any atom is -0.403 e. The number of rotatable bonds is 5. The van der Waals surface area contributed by atoms with Gasteiger partial charge in [-0.15, -0.1) is 0 Å². The molecule has 0 amide bonds. The summed E-state index contributed by atoms with van der Waals surface area (Å²) >= 11 is 0. The van der Waals surface area contributed by atoms with E-state index in [1.165, 1.54) is 6.20 Å². The zero-order valence-corrected chi connectivity index (χ0v) is 5.80. The van der Waals surface area contributed by atoms with Crippen LogP contribution in [0, 0.1) is 5.53 Å². The molecule has 0 heterocycles. The van der Waals surface area contributed by atoms with E-state index in [1.54, 1.807) is 0 Å². The van der Waals surface area contributed by atoms with Crippen LogP contribution in [-0.2, 0) is 0 Å². The van der Waals surface area contributed by atoms with Gasteiger partial charge in [-0.3, -0.25) is 0 Å². The van der Waals surface area contributed by atoms with E-state index in [4.69, 9.17) is 17.0 Å². The molecule has 5 nitrogen and oxygen atoms in total. The van der Waals surface area contributed by atoms with Crippen molar-refractivity contribution in [1.82, 2.24) is 5.32 Å². The lowest BCUT2D eigenvalue weighted by Gasteiger charge is -2.04. The monoisotopic (exact) mass is 143 g/mol. The lowest BCUT2D eigenvalue weighted by Crippen LogP contribution is -2.23. The summed E-state index contributed by atoms with van der Waals surface area (Å²) in [6.07, 6.45) is 1.42. The minimum atomic E-state index is 0.397. The second-order valence-corrected chi connectivity index (χ2v) is 1.70. The molecule has 0 saturated heterocycles. The molecule has 0 aliphatic rings. The van der Waals surface area contributed by atoms with Crippen LogP contribution in [0.2, 0.25) is 0 Å². The van der Waals surface area contributed by atoms with Crippen LogP contribution in [0.25, 0.3) is 0 Å². The Morgan fingerprint density at radius 3 is 2.80 bits per heavy atom. The van der Waals surface area contributed by atoms with E-state index in [0.717, 1.165) is 5.70 Å². The molecular weight excluding hydrogens is 130 g/mol. The van der Waals surface area contributed by atoms with Crippen molar-refractivity contribution >= 4 is 0 Å². The van der Waals surface area contributed by atoms with Gasteiger partial charge in [0.2, 0.25) is 0 Å². The van der Waals surface area contributed by atoms with Crippen LogP contribution in [0.1, 0.15) is 0 Å². The third-order valence-electron chi connectivity index (χ3n) is 0.997. The molecule has 0 radical (unpaired) electrons. The van der Waals surface area contributed by atoms with Gasteiger partial charge < -0.3 is 16.8 Å². The van der Waals surface area contributed by atoms with Crippen molar-refractivity contribution in [2.75, 3.05) is 19.6 Å². The van der Waals surface area contributed by atoms with Gasteiger partial charge in [-0.1, -0.05) is 0 Å². The van der Waals surface area contributed by atoms with Crippen LogP contribution in [-0.4, -0.2) is 19.6 Å². The van der Waals surface area contributed by atoms with Crippen molar-refractivity contribution in [2.24, 2.45) is 16.6 Å². The van der Waals surface area contributed by atoms with Crippen LogP contribution in [0.15, 0.2) is 17.0 Å². The van der Waals surface area contributed by atoms with Gasteiger partial charge in [-0.2, -0.15) is 5.11 Å². The molecule has 0 spiro atoms. The van der Waals surface area contributed by atoms with Crippen LogP contribution >= 0.6 is 0 Å². The second-order valence-electron chi connectivity index (χ2n) is 1.70. The Labute approximate surface area is 60.0 Å². The summed E-state index contributed by atoms with van der Waals surface area (Å²) in [6, 6.07) is 0. The van der Waals surface area contributed by atoms with Crippen molar-refractivity contribution in [1.29, 1.82) is 5.53 Å². The largest absolute Gasteiger partial charge is 0.403 e. The SMILES string of the molecule is N=NCCN/C(=C\N)CN. The molecule has 0 fully saturated rings. The Bertz CT molecular complexity index is 119. The molecule has 0 bridgehead atoms. The first kappa shape index (κ1) is 8.90. The summed E-state index contributed by atoms with van der Waals surface area (Å²) in [5.74, 6) is 0. The summed E-state index contributed by atoms with van der Waals surface area (Å²) < 4.78 is 0. The Morgan fingerprint density at radius 1 is 1.70 bits per heavy atom. The normalized spacial score (nSPS) is 11.1. The molecule has 0 aliphatic carbocycles. The van der Waals surface area contributed by atoms with Crippen LogP contribution in [0.4, 0.5) is 0 Å².